The molecule has 0 radical (unpaired) electrons. The maximum Gasteiger partial charge on any atom is 0.227 e. The third-order valence-electron chi connectivity index (χ3n) is 4.71. The van der Waals surface area contributed by atoms with Crippen molar-refractivity contribution in [2.24, 2.45) is 0 Å². The zero-order valence-corrected chi connectivity index (χ0v) is 15.4. The summed E-state index contributed by atoms with van der Waals surface area (Å²) in [5.41, 5.74) is 1.47. The van der Waals surface area contributed by atoms with E-state index in [1.165, 1.54) is 6.42 Å². The van der Waals surface area contributed by atoms with Crippen LogP contribution in [-0.4, -0.2) is 38.1 Å². The number of hydrogen-bond donors (Lipinski definition) is 2. The molecular formula is C18H26ClN3O3. The van der Waals surface area contributed by atoms with Crippen molar-refractivity contribution >= 4 is 35.6 Å². The molecule has 1 atom stereocenters. The highest BCUT2D eigenvalue weighted by Crippen LogP contribution is 2.33. The number of nitrogens with zero attached hydrogens (tertiary/aromatic N) is 1. The van der Waals surface area contributed by atoms with E-state index < -0.39 is 0 Å². The normalized spacial score (nSPS) is 19.6. The number of carbonyl (C=O) groups is 2. The van der Waals surface area contributed by atoms with Gasteiger partial charge in [-0.1, -0.05) is 0 Å². The highest BCUT2D eigenvalue weighted by molar-refractivity contribution is 5.97. The van der Waals surface area contributed by atoms with E-state index in [1.54, 1.807) is 18.1 Å². The van der Waals surface area contributed by atoms with E-state index in [9.17, 15) is 9.59 Å². The van der Waals surface area contributed by atoms with Crippen LogP contribution in [0.15, 0.2) is 18.2 Å². The van der Waals surface area contributed by atoms with Crippen molar-refractivity contribution in [2.45, 2.75) is 44.6 Å². The lowest BCUT2D eigenvalue weighted by atomic mass is 10.1. The van der Waals surface area contributed by atoms with Crippen molar-refractivity contribution in [3.05, 3.63) is 18.2 Å². The number of hydrogen-bond acceptors (Lipinski definition) is 4. The summed E-state index contributed by atoms with van der Waals surface area (Å²) in [5.74, 6) is 0.741. The molecule has 1 aromatic carbocycles. The van der Waals surface area contributed by atoms with Gasteiger partial charge in [0, 0.05) is 37.2 Å². The number of methoxy groups -OCH3 is 1. The molecule has 1 aromatic rings. The Kier molecular flexibility index (Phi) is 7.08. The van der Waals surface area contributed by atoms with Gasteiger partial charge in [-0.25, -0.2) is 0 Å². The van der Waals surface area contributed by atoms with Gasteiger partial charge in [-0.05, 0) is 44.4 Å². The average molecular weight is 368 g/mol. The van der Waals surface area contributed by atoms with Gasteiger partial charge >= 0.3 is 0 Å². The summed E-state index contributed by atoms with van der Waals surface area (Å²) in [4.78, 5) is 25.8. The molecular weight excluding hydrogens is 342 g/mol. The summed E-state index contributed by atoms with van der Waals surface area (Å²) < 4.78 is 5.41. The fraction of sp³-hybridized carbons (Fsp3) is 0.556. The van der Waals surface area contributed by atoms with Crippen LogP contribution < -0.4 is 20.3 Å². The Bertz CT molecular complexity index is 618. The molecule has 0 spiro atoms. The molecule has 138 valence electrons. The van der Waals surface area contributed by atoms with Gasteiger partial charge < -0.3 is 20.3 Å². The predicted molar refractivity (Wildman–Crippen MR) is 101 cm³/mol. The number of amides is 2. The van der Waals surface area contributed by atoms with Gasteiger partial charge in [-0.15, -0.1) is 12.4 Å². The first-order valence-corrected chi connectivity index (χ1v) is 8.69. The van der Waals surface area contributed by atoms with Crippen LogP contribution in [0, 0.1) is 0 Å². The van der Waals surface area contributed by atoms with Crippen LogP contribution in [0.2, 0.25) is 0 Å². The molecule has 7 heteroatoms. The van der Waals surface area contributed by atoms with E-state index in [-0.39, 0.29) is 24.2 Å². The largest absolute Gasteiger partial charge is 0.494 e. The number of carbonyl (C=O) groups excluding carboxylic acids is 2. The van der Waals surface area contributed by atoms with Gasteiger partial charge in [-0.2, -0.15) is 0 Å². The summed E-state index contributed by atoms with van der Waals surface area (Å²) in [7, 11) is 1.58. The van der Waals surface area contributed by atoms with Crippen LogP contribution in [-0.2, 0) is 9.59 Å². The van der Waals surface area contributed by atoms with Crippen molar-refractivity contribution in [3.8, 4) is 5.75 Å². The Morgan fingerprint density at radius 2 is 2.24 bits per heavy atom. The first kappa shape index (κ1) is 19.5. The van der Waals surface area contributed by atoms with Crippen LogP contribution in [0.25, 0.3) is 0 Å². The molecule has 2 saturated heterocycles. The smallest absolute Gasteiger partial charge is 0.227 e. The van der Waals surface area contributed by atoms with Gasteiger partial charge in [0.05, 0.1) is 12.8 Å². The zero-order valence-electron chi connectivity index (χ0n) is 14.5. The standard InChI is InChI=1S/C18H25N3O3.ClH/c1-24-16-12-14(6-8-15(16)21-11-3-5-18(21)23)20-17(22)9-7-13-4-2-10-19-13;/h6,8,12-13,19H,2-5,7,9-11H2,1H3,(H,20,22);1H. The fourth-order valence-electron chi connectivity index (χ4n) is 3.41. The Morgan fingerprint density at radius 1 is 1.40 bits per heavy atom. The quantitative estimate of drug-likeness (QED) is 0.811. The fourth-order valence-corrected chi connectivity index (χ4v) is 3.41. The highest BCUT2D eigenvalue weighted by atomic mass is 35.5. The Balaban J connectivity index is 0.00000225. The van der Waals surface area contributed by atoms with Crippen molar-refractivity contribution in [3.63, 3.8) is 0 Å². The highest BCUT2D eigenvalue weighted by Gasteiger charge is 2.24. The number of ether oxygens (including phenoxy) is 1. The molecule has 2 heterocycles. The first-order valence-electron chi connectivity index (χ1n) is 8.69. The second-order valence-electron chi connectivity index (χ2n) is 6.42. The van der Waals surface area contributed by atoms with E-state index in [4.69, 9.17) is 4.74 Å². The molecule has 1 unspecified atom stereocenters. The van der Waals surface area contributed by atoms with Crippen LogP contribution in [0.3, 0.4) is 0 Å². The SMILES string of the molecule is COc1cc(NC(=O)CCC2CCCN2)ccc1N1CCCC1=O.Cl. The van der Waals surface area contributed by atoms with Crippen molar-refractivity contribution in [2.75, 3.05) is 30.4 Å². The summed E-state index contributed by atoms with van der Waals surface area (Å²) in [6.45, 7) is 1.77. The van der Waals surface area contributed by atoms with Gasteiger partial charge in [-0.3, -0.25) is 9.59 Å². The average Bonchev–Trinajstić information content (AvgIpc) is 3.24. The molecule has 25 heavy (non-hydrogen) atoms. The minimum absolute atomic E-state index is 0. The Morgan fingerprint density at radius 3 is 2.88 bits per heavy atom. The third-order valence-corrected chi connectivity index (χ3v) is 4.71. The predicted octanol–water partition coefficient (Wildman–Crippen LogP) is 2.71. The molecule has 0 bridgehead atoms. The molecule has 0 aromatic heterocycles. The monoisotopic (exact) mass is 367 g/mol. The number of anilines is 2. The van der Waals surface area contributed by atoms with Crippen LogP contribution >= 0.6 is 12.4 Å². The molecule has 3 rings (SSSR count). The Hall–Kier alpha value is -1.79. The first-order chi connectivity index (χ1) is 11.7. The van der Waals surface area contributed by atoms with E-state index in [0.717, 1.165) is 38.0 Å². The second kappa shape index (κ2) is 9.06. The van der Waals surface area contributed by atoms with E-state index in [2.05, 4.69) is 10.6 Å². The van der Waals surface area contributed by atoms with Crippen LogP contribution in [0.5, 0.6) is 5.75 Å². The van der Waals surface area contributed by atoms with Gasteiger partial charge in [0.25, 0.3) is 0 Å². The summed E-state index contributed by atoms with van der Waals surface area (Å²) in [6.07, 6.45) is 5.17. The maximum absolute atomic E-state index is 12.1. The van der Waals surface area contributed by atoms with Gasteiger partial charge in [0.1, 0.15) is 5.75 Å². The summed E-state index contributed by atoms with van der Waals surface area (Å²) >= 11 is 0. The number of benzene rings is 1. The van der Waals surface area contributed by atoms with Crippen molar-refractivity contribution < 1.29 is 14.3 Å². The lowest BCUT2D eigenvalue weighted by molar-refractivity contribution is -0.117. The number of rotatable bonds is 6. The van der Waals surface area contributed by atoms with E-state index >= 15 is 0 Å². The molecule has 6 nitrogen and oxygen atoms in total. The lowest BCUT2D eigenvalue weighted by Gasteiger charge is -2.19. The molecule has 2 aliphatic heterocycles. The van der Waals surface area contributed by atoms with Gasteiger partial charge in [0.15, 0.2) is 0 Å². The minimum atomic E-state index is 0. The van der Waals surface area contributed by atoms with E-state index in [0.29, 0.717) is 30.3 Å². The van der Waals surface area contributed by atoms with Crippen molar-refractivity contribution in [1.82, 2.24) is 5.32 Å². The summed E-state index contributed by atoms with van der Waals surface area (Å²) in [6, 6.07) is 5.92. The third kappa shape index (κ3) is 4.86. The topological polar surface area (TPSA) is 70.7 Å². The zero-order chi connectivity index (χ0) is 16.9. The Labute approximate surface area is 154 Å². The van der Waals surface area contributed by atoms with Crippen LogP contribution in [0.1, 0.15) is 38.5 Å². The number of halogens is 1. The molecule has 0 saturated carbocycles. The summed E-state index contributed by atoms with van der Waals surface area (Å²) in [5, 5.41) is 6.32. The van der Waals surface area contributed by atoms with Crippen LogP contribution in [0.4, 0.5) is 11.4 Å². The van der Waals surface area contributed by atoms with E-state index in [1.807, 2.05) is 12.1 Å². The maximum atomic E-state index is 12.1. The molecule has 2 amide bonds. The second-order valence-corrected chi connectivity index (χ2v) is 6.42. The van der Waals surface area contributed by atoms with Gasteiger partial charge in [0.2, 0.25) is 11.8 Å². The number of nitrogens with one attached hydrogen (secondary N) is 2. The lowest BCUT2D eigenvalue weighted by Crippen LogP contribution is -2.24. The molecule has 2 aliphatic rings. The minimum Gasteiger partial charge on any atom is -0.494 e. The molecule has 2 N–H and O–H groups in total. The van der Waals surface area contributed by atoms with Crippen molar-refractivity contribution in [1.29, 1.82) is 0 Å². The molecule has 2 fully saturated rings. The molecule has 0 aliphatic carbocycles.